The molecule has 2 N–H and O–H groups in total. The lowest BCUT2D eigenvalue weighted by Crippen LogP contribution is -2.33. The van der Waals surface area contributed by atoms with Crippen molar-refractivity contribution in [1.82, 2.24) is 20.2 Å². The van der Waals surface area contributed by atoms with Gasteiger partial charge < -0.3 is 5.32 Å². The lowest BCUT2D eigenvalue weighted by molar-refractivity contribution is -0.123. The van der Waals surface area contributed by atoms with Gasteiger partial charge in [0.2, 0.25) is 11.9 Å². The molecule has 130 valence electrons. The minimum absolute atomic E-state index is 0.188. The fourth-order valence-corrected chi connectivity index (χ4v) is 3.21. The highest BCUT2D eigenvalue weighted by Crippen LogP contribution is 2.36. The fourth-order valence-electron chi connectivity index (χ4n) is 3.21. The van der Waals surface area contributed by atoms with Crippen LogP contribution in [0.3, 0.4) is 0 Å². The van der Waals surface area contributed by atoms with E-state index in [1.54, 1.807) is 23.4 Å². The molecule has 0 spiro atoms. The van der Waals surface area contributed by atoms with Crippen molar-refractivity contribution in [2.75, 3.05) is 16.8 Å². The molecule has 0 aliphatic carbocycles. The van der Waals surface area contributed by atoms with Gasteiger partial charge in [-0.2, -0.15) is 15.3 Å². The first-order chi connectivity index (χ1) is 12.6. The summed E-state index contributed by atoms with van der Waals surface area (Å²) in [7, 11) is 0. The summed E-state index contributed by atoms with van der Waals surface area (Å²) in [5.74, 6) is 0.707. The quantitative estimate of drug-likeness (QED) is 0.751. The number of hydrogen-bond donors (Lipinski definition) is 2. The van der Waals surface area contributed by atoms with E-state index >= 15 is 0 Å². The maximum absolute atomic E-state index is 12.7. The largest absolute Gasteiger partial charge is 0.324 e. The van der Waals surface area contributed by atoms with E-state index in [-0.39, 0.29) is 5.91 Å². The van der Waals surface area contributed by atoms with Crippen LogP contribution in [0.4, 0.5) is 17.5 Å². The van der Waals surface area contributed by atoms with E-state index in [1.807, 2.05) is 25.1 Å². The van der Waals surface area contributed by atoms with Crippen LogP contribution in [0, 0.1) is 16.7 Å². The van der Waals surface area contributed by atoms with Crippen LogP contribution in [-0.4, -0.2) is 32.6 Å². The van der Waals surface area contributed by atoms with E-state index in [0.29, 0.717) is 31.2 Å². The van der Waals surface area contributed by atoms with Crippen molar-refractivity contribution in [3.8, 4) is 6.07 Å². The number of rotatable bonds is 4. The third kappa shape index (κ3) is 2.54. The number of carbonyl (C=O) groups excluding carboxylic acids is 1. The van der Waals surface area contributed by atoms with Crippen LogP contribution in [0.2, 0.25) is 0 Å². The second kappa shape index (κ2) is 6.11. The minimum Gasteiger partial charge on any atom is -0.324 e. The summed E-state index contributed by atoms with van der Waals surface area (Å²) in [6.45, 7) is 2.35. The van der Waals surface area contributed by atoms with Gasteiger partial charge in [-0.3, -0.25) is 14.8 Å². The zero-order valence-electron chi connectivity index (χ0n) is 14.2. The van der Waals surface area contributed by atoms with E-state index in [9.17, 15) is 10.1 Å². The first kappa shape index (κ1) is 16.0. The Hall–Kier alpha value is -3.47. The van der Waals surface area contributed by atoms with E-state index in [1.165, 1.54) is 0 Å². The first-order valence-corrected chi connectivity index (χ1v) is 8.41. The molecule has 26 heavy (non-hydrogen) atoms. The van der Waals surface area contributed by atoms with Gasteiger partial charge in [0.05, 0.1) is 17.8 Å². The molecule has 4 rings (SSSR count). The highest BCUT2D eigenvalue weighted by Gasteiger charge is 2.46. The summed E-state index contributed by atoms with van der Waals surface area (Å²) in [4.78, 5) is 22.9. The summed E-state index contributed by atoms with van der Waals surface area (Å²) in [5.41, 5.74) is 0.828. The molecule has 3 aromatic rings. The van der Waals surface area contributed by atoms with Crippen molar-refractivity contribution in [2.24, 2.45) is 5.41 Å². The number of hydrogen-bond acceptors (Lipinski definition) is 6. The average Bonchev–Trinajstić information content (AvgIpc) is 3.26. The second-order valence-corrected chi connectivity index (χ2v) is 6.29. The molecule has 0 bridgehead atoms. The van der Waals surface area contributed by atoms with Crippen molar-refractivity contribution in [1.29, 1.82) is 5.26 Å². The van der Waals surface area contributed by atoms with E-state index in [4.69, 9.17) is 0 Å². The molecule has 1 saturated heterocycles. The maximum atomic E-state index is 12.7. The molecule has 1 aromatic carbocycles. The van der Waals surface area contributed by atoms with Gasteiger partial charge in [0.15, 0.2) is 0 Å². The van der Waals surface area contributed by atoms with Gasteiger partial charge in [-0.25, -0.2) is 4.98 Å². The van der Waals surface area contributed by atoms with Crippen LogP contribution in [-0.2, 0) is 4.79 Å². The second-order valence-electron chi connectivity index (χ2n) is 6.29. The van der Waals surface area contributed by atoms with E-state index in [2.05, 4.69) is 31.6 Å². The van der Waals surface area contributed by atoms with Gasteiger partial charge in [-0.15, -0.1) is 0 Å². The Balaban J connectivity index is 1.59. The monoisotopic (exact) mass is 347 g/mol. The van der Waals surface area contributed by atoms with Crippen molar-refractivity contribution >= 4 is 34.3 Å². The molecule has 1 unspecified atom stereocenters. The number of amides is 1. The third-order valence-corrected chi connectivity index (χ3v) is 4.85. The number of fused-ring (bicyclic) bond motifs is 1. The number of nitrogens with one attached hydrogen (secondary N) is 2. The predicted molar refractivity (Wildman–Crippen MR) is 96.7 cm³/mol. The Kier molecular flexibility index (Phi) is 3.77. The molecule has 8 heteroatoms. The number of carbonyl (C=O) groups is 1. The maximum Gasteiger partial charge on any atom is 0.248 e. The molecular formula is C18H17N7O. The minimum atomic E-state index is -0.940. The Morgan fingerprint density at radius 3 is 3.08 bits per heavy atom. The van der Waals surface area contributed by atoms with Crippen LogP contribution >= 0.6 is 0 Å². The lowest BCUT2D eigenvalue weighted by Gasteiger charge is -2.19. The molecule has 0 saturated carbocycles. The topological polar surface area (TPSA) is 111 Å². The van der Waals surface area contributed by atoms with Gasteiger partial charge in [-0.1, -0.05) is 6.92 Å². The lowest BCUT2D eigenvalue weighted by atomic mass is 9.85. The summed E-state index contributed by atoms with van der Waals surface area (Å²) >= 11 is 0. The standard InChI is InChI=1S/C18H17N7O/c1-2-18(11-19)6-8-25(16(18)26)15-5-7-20-17(23-15)22-13-3-4-14-12(9-13)10-21-24-14/h3-5,7,9-10H,2,6,8H2,1H3,(H,21,24)(H,20,22,23). The Labute approximate surface area is 149 Å². The van der Waals surface area contributed by atoms with E-state index in [0.717, 1.165) is 16.6 Å². The van der Waals surface area contributed by atoms with Crippen molar-refractivity contribution in [2.45, 2.75) is 19.8 Å². The van der Waals surface area contributed by atoms with Gasteiger partial charge in [0, 0.05) is 23.8 Å². The molecule has 1 aliphatic heterocycles. The SMILES string of the molecule is CCC1(C#N)CCN(c2ccnc(Nc3ccc4[nH]ncc4c3)n2)C1=O. The summed E-state index contributed by atoms with van der Waals surface area (Å²) in [6.07, 6.45) is 4.36. The number of aromatic amines is 1. The molecule has 1 fully saturated rings. The smallest absolute Gasteiger partial charge is 0.248 e. The van der Waals surface area contributed by atoms with Crippen molar-refractivity contribution < 1.29 is 4.79 Å². The number of nitriles is 1. The molecule has 3 heterocycles. The van der Waals surface area contributed by atoms with Crippen LogP contribution in [0.15, 0.2) is 36.7 Å². The number of H-pyrrole nitrogens is 1. The molecule has 2 aromatic heterocycles. The zero-order valence-corrected chi connectivity index (χ0v) is 14.2. The number of nitrogens with zero attached hydrogens (tertiary/aromatic N) is 5. The van der Waals surface area contributed by atoms with E-state index < -0.39 is 5.41 Å². The predicted octanol–water partition coefficient (Wildman–Crippen LogP) is 2.75. The zero-order chi connectivity index (χ0) is 18.1. The Bertz CT molecular complexity index is 1020. The molecule has 8 nitrogen and oxygen atoms in total. The first-order valence-electron chi connectivity index (χ1n) is 8.41. The summed E-state index contributed by atoms with van der Waals surface area (Å²) in [5, 5.41) is 20.4. The van der Waals surface area contributed by atoms with Crippen LogP contribution < -0.4 is 10.2 Å². The number of aromatic nitrogens is 4. The summed E-state index contributed by atoms with van der Waals surface area (Å²) < 4.78 is 0. The highest BCUT2D eigenvalue weighted by molar-refractivity contribution is 6.01. The molecule has 1 aliphatic rings. The van der Waals surface area contributed by atoms with Crippen LogP contribution in [0.1, 0.15) is 19.8 Å². The number of anilines is 3. The fraction of sp³-hybridized carbons (Fsp3) is 0.278. The van der Waals surface area contributed by atoms with Gasteiger partial charge in [0.25, 0.3) is 0 Å². The Morgan fingerprint density at radius 1 is 1.42 bits per heavy atom. The van der Waals surface area contributed by atoms with Crippen LogP contribution in [0.25, 0.3) is 10.9 Å². The Morgan fingerprint density at radius 2 is 2.31 bits per heavy atom. The average molecular weight is 347 g/mol. The van der Waals surface area contributed by atoms with Crippen LogP contribution in [0.5, 0.6) is 0 Å². The van der Waals surface area contributed by atoms with Gasteiger partial charge in [-0.05, 0) is 37.1 Å². The highest BCUT2D eigenvalue weighted by atomic mass is 16.2. The molecule has 1 atom stereocenters. The number of benzene rings is 1. The normalized spacial score (nSPS) is 19.7. The third-order valence-electron chi connectivity index (χ3n) is 4.85. The summed E-state index contributed by atoms with van der Waals surface area (Å²) in [6, 6.07) is 9.63. The molecule has 1 amide bonds. The van der Waals surface area contributed by atoms with Gasteiger partial charge >= 0.3 is 0 Å². The van der Waals surface area contributed by atoms with Crippen molar-refractivity contribution in [3.05, 3.63) is 36.7 Å². The van der Waals surface area contributed by atoms with Gasteiger partial charge in [0.1, 0.15) is 11.2 Å². The molecular weight excluding hydrogens is 330 g/mol. The molecule has 0 radical (unpaired) electrons. The van der Waals surface area contributed by atoms with Crippen molar-refractivity contribution in [3.63, 3.8) is 0 Å².